The second kappa shape index (κ2) is 7.03. The number of hydrogen-bond acceptors (Lipinski definition) is 6. The third-order valence-electron chi connectivity index (χ3n) is 2.62. The Bertz CT molecular complexity index is 629. The van der Waals surface area contributed by atoms with Crippen LogP contribution in [0.5, 0.6) is 0 Å². The van der Waals surface area contributed by atoms with Crippen molar-refractivity contribution in [1.82, 2.24) is 20.4 Å². The third-order valence-corrected chi connectivity index (χ3v) is 2.93. The van der Waals surface area contributed by atoms with E-state index in [1.807, 2.05) is 6.92 Å². The number of anilines is 1. The van der Waals surface area contributed by atoms with Crippen molar-refractivity contribution >= 4 is 23.3 Å². The number of aryl methyl sites for hydroxylation is 1. The van der Waals surface area contributed by atoms with Crippen LogP contribution in [0.3, 0.4) is 0 Å². The van der Waals surface area contributed by atoms with Crippen molar-refractivity contribution in [1.29, 1.82) is 0 Å². The number of carbonyl (C=O) groups is 1. The number of aromatic nitrogens is 3. The topological polar surface area (TPSA) is 92.9 Å². The first-order valence-electron chi connectivity index (χ1n) is 6.58. The van der Waals surface area contributed by atoms with Crippen LogP contribution in [0.1, 0.15) is 29.1 Å². The number of amides is 1. The molecule has 1 amide bonds. The minimum Gasteiger partial charge on any atom is -0.370 e. The maximum absolute atomic E-state index is 12.1. The van der Waals surface area contributed by atoms with Crippen molar-refractivity contribution in [2.75, 3.05) is 18.4 Å². The molecular formula is C13H16ClN5O2. The van der Waals surface area contributed by atoms with E-state index in [2.05, 4.69) is 25.8 Å². The predicted molar refractivity (Wildman–Crippen MR) is 78.5 cm³/mol. The largest absolute Gasteiger partial charge is 0.370 e. The molecule has 0 saturated heterocycles. The fraction of sp³-hybridized carbons (Fsp3) is 0.385. The quantitative estimate of drug-likeness (QED) is 0.845. The van der Waals surface area contributed by atoms with Crippen LogP contribution in [0.25, 0.3) is 0 Å². The summed E-state index contributed by atoms with van der Waals surface area (Å²) in [4.78, 5) is 20.3. The molecule has 0 aliphatic heterocycles. The minimum atomic E-state index is -0.333. The summed E-state index contributed by atoms with van der Waals surface area (Å²) < 4.78 is 4.85. The molecule has 0 aliphatic carbocycles. The van der Waals surface area contributed by atoms with Crippen LogP contribution in [0.15, 0.2) is 16.7 Å². The monoisotopic (exact) mass is 309 g/mol. The number of halogens is 1. The first kappa shape index (κ1) is 15.2. The normalized spacial score (nSPS) is 10.4. The smallest absolute Gasteiger partial charge is 0.271 e. The van der Waals surface area contributed by atoms with E-state index in [0.29, 0.717) is 42.1 Å². The van der Waals surface area contributed by atoms with Crippen LogP contribution in [0.4, 0.5) is 5.82 Å². The van der Waals surface area contributed by atoms with Gasteiger partial charge in [-0.15, -0.1) is 0 Å². The number of pyridine rings is 1. The van der Waals surface area contributed by atoms with Crippen LogP contribution in [0, 0.1) is 6.92 Å². The molecule has 0 unspecified atom stereocenters. The summed E-state index contributed by atoms with van der Waals surface area (Å²) in [5, 5.41) is 9.83. The summed E-state index contributed by atoms with van der Waals surface area (Å²) in [5.41, 5.74) is 0.194. The number of nitrogens with zero attached hydrogens (tertiary/aromatic N) is 3. The summed E-state index contributed by atoms with van der Waals surface area (Å²) in [5.74, 6) is 1.33. The molecule has 0 radical (unpaired) electrons. The number of rotatable bonds is 6. The average molecular weight is 310 g/mol. The van der Waals surface area contributed by atoms with E-state index in [1.165, 1.54) is 0 Å². The minimum absolute atomic E-state index is 0.194. The molecule has 0 spiro atoms. The molecule has 0 aromatic carbocycles. The van der Waals surface area contributed by atoms with Gasteiger partial charge in [0.25, 0.3) is 5.91 Å². The number of nitrogens with one attached hydrogen (secondary N) is 2. The van der Waals surface area contributed by atoms with Gasteiger partial charge in [-0.3, -0.25) is 4.79 Å². The fourth-order valence-corrected chi connectivity index (χ4v) is 1.89. The van der Waals surface area contributed by atoms with Crippen molar-refractivity contribution < 1.29 is 9.32 Å². The molecule has 2 aromatic rings. The summed E-state index contributed by atoms with van der Waals surface area (Å²) in [6.45, 7) is 4.75. The van der Waals surface area contributed by atoms with Gasteiger partial charge < -0.3 is 15.2 Å². The van der Waals surface area contributed by atoms with Crippen LogP contribution in [0.2, 0.25) is 5.02 Å². The van der Waals surface area contributed by atoms with Crippen molar-refractivity contribution in [3.05, 3.63) is 34.6 Å². The van der Waals surface area contributed by atoms with Crippen LogP contribution in [-0.2, 0) is 6.42 Å². The van der Waals surface area contributed by atoms with Gasteiger partial charge >= 0.3 is 0 Å². The SMILES string of the molecule is CCNc1ccc(Cl)c(C(=O)NCCc2noc(C)n2)n1. The first-order valence-corrected chi connectivity index (χ1v) is 6.95. The molecule has 8 heteroatoms. The highest BCUT2D eigenvalue weighted by Gasteiger charge is 2.13. The number of carbonyl (C=O) groups excluding carboxylic acids is 1. The zero-order chi connectivity index (χ0) is 15.2. The molecule has 112 valence electrons. The number of hydrogen-bond donors (Lipinski definition) is 2. The van der Waals surface area contributed by atoms with Gasteiger partial charge in [0.2, 0.25) is 5.89 Å². The van der Waals surface area contributed by atoms with Gasteiger partial charge in [-0.2, -0.15) is 4.98 Å². The molecular weight excluding hydrogens is 294 g/mol. The van der Waals surface area contributed by atoms with Crippen LogP contribution < -0.4 is 10.6 Å². The molecule has 2 N–H and O–H groups in total. The summed E-state index contributed by atoms with van der Waals surface area (Å²) in [7, 11) is 0. The van der Waals surface area contributed by atoms with Gasteiger partial charge in [-0.25, -0.2) is 4.98 Å². The lowest BCUT2D eigenvalue weighted by molar-refractivity contribution is 0.0949. The molecule has 2 rings (SSSR count). The van der Waals surface area contributed by atoms with Gasteiger partial charge in [0.15, 0.2) is 5.82 Å². The third kappa shape index (κ3) is 4.16. The summed E-state index contributed by atoms with van der Waals surface area (Å²) in [6, 6.07) is 3.37. The first-order chi connectivity index (χ1) is 10.1. The van der Waals surface area contributed by atoms with Gasteiger partial charge in [-0.05, 0) is 19.1 Å². The zero-order valence-corrected chi connectivity index (χ0v) is 12.6. The molecule has 0 atom stereocenters. The second-order valence-corrected chi connectivity index (χ2v) is 4.70. The van der Waals surface area contributed by atoms with E-state index < -0.39 is 0 Å². The van der Waals surface area contributed by atoms with E-state index in [-0.39, 0.29) is 11.6 Å². The van der Waals surface area contributed by atoms with Crippen molar-refractivity contribution in [3.63, 3.8) is 0 Å². The maximum atomic E-state index is 12.1. The molecule has 2 aromatic heterocycles. The van der Waals surface area contributed by atoms with E-state index in [0.717, 1.165) is 0 Å². The predicted octanol–water partition coefficient (Wildman–Crippen LogP) is 1.83. The molecule has 7 nitrogen and oxygen atoms in total. The van der Waals surface area contributed by atoms with Crippen LogP contribution in [-0.4, -0.2) is 34.1 Å². The molecule has 0 fully saturated rings. The van der Waals surface area contributed by atoms with E-state index in [9.17, 15) is 4.79 Å². The van der Waals surface area contributed by atoms with E-state index >= 15 is 0 Å². The highest BCUT2D eigenvalue weighted by atomic mass is 35.5. The van der Waals surface area contributed by atoms with Crippen molar-refractivity contribution in [2.24, 2.45) is 0 Å². The fourth-order valence-electron chi connectivity index (χ4n) is 1.70. The highest BCUT2D eigenvalue weighted by Crippen LogP contribution is 2.16. The Morgan fingerprint density at radius 1 is 1.38 bits per heavy atom. The average Bonchev–Trinajstić information content (AvgIpc) is 2.87. The molecule has 0 bridgehead atoms. The standard InChI is InChI=1S/C13H16ClN5O2/c1-3-15-10-5-4-9(14)12(18-10)13(20)16-7-6-11-17-8(2)21-19-11/h4-5H,3,6-7H2,1-2H3,(H,15,18)(H,16,20). The van der Waals surface area contributed by atoms with Crippen molar-refractivity contribution in [3.8, 4) is 0 Å². The molecule has 0 aliphatic rings. The molecule has 21 heavy (non-hydrogen) atoms. The van der Waals surface area contributed by atoms with Gasteiger partial charge in [0.1, 0.15) is 11.5 Å². The molecule has 2 heterocycles. The summed E-state index contributed by atoms with van der Waals surface area (Å²) >= 11 is 6.00. The molecule has 0 saturated carbocycles. The zero-order valence-electron chi connectivity index (χ0n) is 11.8. The Kier molecular flexibility index (Phi) is 5.10. The lowest BCUT2D eigenvalue weighted by atomic mass is 10.3. The second-order valence-electron chi connectivity index (χ2n) is 4.29. The lowest BCUT2D eigenvalue weighted by Crippen LogP contribution is -2.27. The Hall–Kier alpha value is -2.15. The van der Waals surface area contributed by atoms with Crippen molar-refractivity contribution in [2.45, 2.75) is 20.3 Å². The van der Waals surface area contributed by atoms with Gasteiger partial charge in [0.05, 0.1) is 5.02 Å². The van der Waals surface area contributed by atoms with E-state index in [4.69, 9.17) is 16.1 Å². The van der Waals surface area contributed by atoms with Gasteiger partial charge in [0, 0.05) is 26.4 Å². The lowest BCUT2D eigenvalue weighted by Gasteiger charge is -2.08. The highest BCUT2D eigenvalue weighted by molar-refractivity contribution is 6.33. The Morgan fingerprint density at radius 3 is 2.86 bits per heavy atom. The summed E-state index contributed by atoms with van der Waals surface area (Å²) in [6.07, 6.45) is 0.480. The maximum Gasteiger partial charge on any atom is 0.271 e. The van der Waals surface area contributed by atoms with Crippen LogP contribution >= 0.6 is 11.6 Å². The Balaban J connectivity index is 1.94. The van der Waals surface area contributed by atoms with Gasteiger partial charge in [-0.1, -0.05) is 16.8 Å². The Labute approximate surface area is 127 Å². The Morgan fingerprint density at radius 2 is 2.19 bits per heavy atom. The van der Waals surface area contributed by atoms with E-state index in [1.54, 1.807) is 19.1 Å².